The van der Waals surface area contributed by atoms with Crippen LogP contribution in [-0.4, -0.2) is 60.9 Å². The smallest absolute Gasteiger partial charge is 0.288 e. The van der Waals surface area contributed by atoms with Crippen molar-refractivity contribution in [3.05, 3.63) is 46.6 Å². The highest BCUT2D eigenvalue weighted by Gasteiger charge is 2.32. The van der Waals surface area contributed by atoms with Gasteiger partial charge in [0.2, 0.25) is 5.89 Å². The number of rotatable bonds is 8. The molecule has 0 aliphatic carbocycles. The average molecular weight is 398 g/mol. The molecule has 0 unspecified atom stereocenters. The van der Waals surface area contributed by atoms with Crippen molar-refractivity contribution in [3.8, 4) is 0 Å². The molecule has 2 aromatic rings. The molecule has 0 N–H and O–H groups in total. The standard InChI is InChI=1S/C17H23N3O4S2/c1-23-9-8-19(15-7-10-26(21,22)12-15)13-20-17(25)24-16(18-20)11-14-5-3-2-4-6-14/h2-6,15H,7-13H2,1H3/t15-/m0/s1. The Hall–Kier alpha value is -1.55. The fraction of sp³-hybridized carbons (Fsp3) is 0.529. The summed E-state index contributed by atoms with van der Waals surface area (Å²) in [6.07, 6.45) is 1.18. The summed E-state index contributed by atoms with van der Waals surface area (Å²) in [4.78, 5) is 2.35. The van der Waals surface area contributed by atoms with Gasteiger partial charge in [-0.3, -0.25) is 4.90 Å². The lowest BCUT2D eigenvalue weighted by molar-refractivity contribution is 0.0973. The number of hydrogen-bond acceptors (Lipinski definition) is 7. The number of hydrogen-bond donors (Lipinski definition) is 0. The molecular weight excluding hydrogens is 374 g/mol. The highest BCUT2D eigenvalue weighted by molar-refractivity contribution is 7.91. The summed E-state index contributed by atoms with van der Waals surface area (Å²) >= 11 is 5.30. The van der Waals surface area contributed by atoms with Crippen LogP contribution in [0.25, 0.3) is 0 Å². The van der Waals surface area contributed by atoms with Crippen molar-refractivity contribution in [2.45, 2.75) is 25.6 Å². The normalized spacial score (nSPS) is 19.2. The van der Waals surface area contributed by atoms with E-state index in [1.54, 1.807) is 11.8 Å². The van der Waals surface area contributed by atoms with Crippen molar-refractivity contribution in [3.63, 3.8) is 0 Å². The van der Waals surface area contributed by atoms with Crippen LogP contribution in [0.4, 0.5) is 0 Å². The van der Waals surface area contributed by atoms with Crippen LogP contribution in [0.15, 0.2) is 34.7 Å². The van der Waals surface area contributed by atoms with Crippen LogP contribution in [0.3, 0.4) is 0 Å². The predicted octanol–water partition coefficient (Wildman–Crippen LogP) is 1.89. The van der Waals surface area contributed by atoms with E-state index < -0.39 is 9.84 Å². The van der Waals surface area contributed by atoms with Crippen molar-refractivity contribution in [2.24, 2.45) is 0 Å². The van der Waals surface area contributed by atoms with E-state index in [9.17, 15) is 8.42 Å². The minimum atomic E-state index is -2.97. The summed E-state index contributed by atoms with van der Waals surface area (Å²) in [5, 5.41) is 4.47. The lowest BCUT2D eigenvalue weighted by atomic mass is 10.2. The first-order chi connectivity index (χ1) is 12.5. The molecule has 3 rings (SSSR count). The zero-order valence-corrected chi connectivity index (χ0v) is 16.3. The quantitative estimate of drug-likeness (QED) is 0.630. The fourth-order valence-electron chi connectivity index (χ4n) is 3.09. The van der Waals surface area contributed by atoms with Crippen LogP contribution < -0.4 is 0 Å². The Bertz CT molecular complexity index is 877. The number of nitrogens with zero attached hydrogens (tertiary/aromatic N) is 3. The van der Waals surface area contributed by atoms with Gasteiger partial charge in [0.25, 0.3) is 4.84 Å². The molecule has 9 heteroatoms. The minimum absolute atomic E-state index is 0.0497. The van der Waals surface area contributed by atoms with Gasteiger partial charge in [0, 0.05) is 19.7 Å². The number of ether oxygens (including phenoxy) is 1. The van der Waals surface area contributed by atoms with Crippen molar-refractivity contribution in [1.29, 1.82) is 0 Å². The number of sulfone groups is 1. The molecule has 1 aromatic carbocycles. The molecule has 26 heavy (non-hydrogen) atoms. The Labute approximate surface area is 158 Å². The molecule has 0 bridgehead atoms. The van der Waals surface area contributed by atoms with E-state index in [2.05, 4.69) is 10.00 Å². The van der Waals surface area contributed by atoms with Gasteiger partial charge in [-0.15, -0.1) is 5.10 Å². The third kappa shape index (κ3) is 5.00. The van der Waals surface area contributed by atoms with Gasteiger partial charge in [0.15, 0.2) is 9.84 Å². The van der Waals surface area contributed by atoms with Crippen LogP contribution in [0.5, 0.6) is 0 Å². The average Bonchev–Trinajstić information content (AvgIpc) is 3.14. The van der Waals surface area contributed by atoms with E-state index in [1.807, 2.05) is 30.3 Å². The van der Waals surface area contributed by atoms with Crippen LogP contribution in [0.2, 0.25) is 0 Å². The van der Waals surface area contributed by atoms with Gasteiger partial charge in [-0.2, -0.15) is 0 Å². The highest BCUT2D eigenvalue weighted by Crippen LogP contribution is 2.19. The van der Waals surface area contributed by atoms with Gasteiger partial charge in [0.05, 0.1) is 31.2 Å². The van der Waals surface area contributed by atoms with E-state index in [-0.39, 0.29) is 17.5 Å². The predicted molar refractivity (Wildman–Crippen MR) is 100 cm³/mol. The Kier molecular flexibility index (Phi) is 6.23. The number of benzene rings is 1. The molecule has 1 aliphatic rings. The second-order valence-corrected chi connectivity index (χ2v) is 9.01. The Balaban J connectivity index is 1.73. The zero-order valence-electron chi connectivity index (χ0n) is 14.7. The molecule has 1 atom stereocenters. The van der Waals surface area contributed by atoms with Gasteiger partial charge in [0.1, 0.15) is 0 Å². The molecule has 1 fully saturated rings. The van der Waals surface area contributed by atoms with Crippen molar-refractivity contribution < 1.29 is 17.6 Å². The maximum Gasteiger partial charge on any atom is 0.288 e. The van der Waals surface area contributed by atoms with Crippen molar-refractivity contribution >= 4 is 22.1 Å². The van der Waals surface area contributed by atoms with Gasteiger partial charge >= 0.3 is 0 Å². The molecule has 1 aromatic heterocycles. The maximum absolute atomic E-state index is 11.8. The molecule has 7 nitrogen and oxygen atoms in total. The molecule has 0 radical (unpaired) electrons. The topological polar surface area (TPSA) is 77.6 Å². The first-order valence-corrected chi connectivity index (χ1v) is 10.7. The van der Waals surface area contributed by atoms with Gasteiger partial charge in [-0.1, -0.05) is 30.3 Å². The molecule has 0 amide bonds. The summed E-state index contributed by atoms with van der Waals surface area (Å²) in [6, 6.07) is 9.85. The zero-order chi connectivity index (χ0) is 18.6. The highest BCUT2D eigenvalue weighted by atomic mass is 32.2. The van der Waals surface area contributed by atoms with Crippen molar-refractivity contribution in [2.75, 3.05) is 31.8 Å². The van der Waals surface area contributed by atoms with Crippen LogP contribution in [0.1, 0.15) is 17.9 Å². The molecule has 142 valence electrons. The second-order valence-electron chi connectivity index (χ2n) is 6.43. The first kappa shape index (κ1) is 19.2. The summed E-state index contributed by atoms with van der Waals surface area (Å²) < 4.78 is 36.1. The monoisotopic (exact) mass is 397 g/mol. The maximum atomic E-state index is 11.8. The van der Waals surface area contributed by atoms with E-state index in [1.165, 1.54) is 0 Å². The fourth-order valence-corrected chi connectivity index (χ4v) is 5.05. The Morgan fingerprint density at radius 3 is 2.81 bits per heavy atom. The largest absolute Gasteiger partial charge is 0.414 e. The third-order valence-electron chi connectivity index (χ3n) is 4.47. The van der Waals surface area contributed by atoms with Crippen molar-refractivity contribution in [1.82, 2.24) is 14.7 Å². The first-order valence-electron chi connectivity index (χ1n) is 8.51. The summed E-state index contributed by atoms with van der Waals surface area (Å²) in [6.45, 7) is 1.51. The van der Waals surface area contributed by atoms with Gasteiger partial charge in [-0.25, -0.2) is 13.1 Å². The van der Waals surface area contributed by atoms with E-state index in [0.29, 0.717) is 43.4 Å². The third-order valence-corrected chi connectivity index (χ3v) is 6.51. The van der Waals surface area contributed by atoms with Gasteiger partial charge < -0.3 is 9.15 Å². The van der Waals surface area contributed by atoms with E-state index in [0.717, 1.165) is 5.56 Å². The molecule has 0 saturated carbocycles. The number of methoxy groups -OCH3 is 1. The second kappa shape index (κ2) is 8.43. The lowest BCUT2D eigenvalue weighted by Crippen LogP contribution is -2.40. The van der Waals surface area contributed by atoms with E-state index >= 15 is 0 Å². The Morgan fingerprint density at radius 1 is 1.38 bits per heavy atom. The molecule has 1 saturated heterocycles. The van der Waals surface area contributed by atoms with Crippen LogP contribution in [0, 0.1) is 4.84 Å². The lowest BCUT2D eigenvalue weighted by Gasteiger charge is -2.27. The number of aromatic nitrogens is 2. The summed E-state index contributed by atoms with van der Waals surface area (Å²) in [5.74, 6) is 0.940. The summed E-state index contributed by atoms with van der Waals surface area (Å²) in [5.41, 5.74) is 1.09. The summed E-state index contributed by atoms with van der Waals surface area (Å²) in [7, 11) is -1.34. The molecule has 1 aliphatic heterocycles. The Morgan fingerprint density at radius 2 is 2.15 bits per heavy atom. The molecule has 0 spiro atoms. The minimum Gasteiger partial charge on any atom is -0.414 e. The molecule has 2 heterocycles. The van der Waals surface area contributed by atoms with Crippen LogP contribution >= 0.6 is 12.2 Å². The van der Waals surface area contributed by atoms with Crippen LogP contribution in [-0.2, 0) is 27.7 Å². The van der Waals surface area contributed by atoms with E-state index in [4.69, 9.17) is 21.4 Å². The SMILES string of the molecule is COCCN(Cn1nc(Cc2ccccc2)oc1=S)[C@H]1CCS(=O)(=O)C1. The van der Waals surface area contributed by atoms with Gasteiger partial charge in [-0.05, 0) is 24.2 Å². The molecular formula is C17H23N3O4S2.